The minimum Gasteiger partial charge on any atom is -0.497 e. The zero-order chi connectivity index (χ0) is 18.4. The summed E-state index contributed by atoms with van der Waals surface area (Å²) in [6.45, 7) is 4.31. The highest BCUT2D eigenvalue weighted by molar-refractivity contribution is 5.97. The van der Waals surface area contributed by atoms with E-state index in [0.29, 0.717) is 17.7 Å². The summed E-state index contributed by atoms with van der Waals surface area (Å²) < 4.78 is 10.3. The van der Waals surface area contributed by atoms with Crippen molar-refractivity contribution < 1.29 is 23.8 Å². The Morgan fingerprint density at radius 1 is 1.28 bits per heavy atom. The second kappa shape index (κ2) is 8.37. The molecule has 0 bridgehead atoms. The number of carbonyl (C=O) groups is 2. The topological polar surface area (TPSA) is 88.8 Å². The Balaban J connectivity index is 1.91. The van der Waals surface area contributed by atoms with E-state index in [-0.39, 0.29) is 24.0 Å². The van der Waals surface area contributed by atoms with Crippen molar-refractivity contribution in [3.8, 4) is 5.75 Å². The third kappa shape index (κ3) is 4.86. The molecule has 1 unspecified atom stereocenters. The smallest absolute Gasteiger partial charge is 0.311 e. The SMILES string of the molecule is COc1ccc(C(C)CCNC(=O)c2c(C)coc2CC(=O)O)cc1. The molecule has 0 saturated carbocycles. The lowest BCUT2D eigenvalue weighted by Gasteiger charge is -2.13. The monoisotopic (exact) mass is 345 g/mol. The number of carboxylic acids is 1. The van der Waals surface area contributed by atoms with E-state index in [9.17, 15) is 9.59 Å². The van der Waals surface area contributed by atoms with Gasteiger partial charge in [0.2, 0.25) is 0 Å². The first-order chi connectivity index (χ1) is 11.9. The maximum absolute atomic E-state index is 12.3. The molecule has 2 N–H and O–H groups in total. The van der Waals surface area contributed by atoms with Crippen LogP contribution in [0.25, 0.3) is 0 Å². The zero-order valence-electron chi connectivity index (χ0n) is 14.7. The van der Waals surface area contributed by atoms with Crippen molar-refractivity contribution in [2.45, 2.75) is 32.6 Å². The van der Waals surface area contributed by atoms with E-state index in [1.54, 1.807) is 14.0 Å². The van der Waals surface area contributed by atoms with E-state index < -0.39 is 5.97 Å². The molecule has 2 rings (SSSR count). The summed E-state index contributed by atoms with van der Waals surface area (Å²) in [7, 11) is 1.63. The van der Waals surface area contributed by atoms with Crippen LogP contribution in [0.2, 0.25) is 0 Å². The van der Waals surface area contributed by atoms with E-state index in [2.05, 4.69) is 12.2 Å². The first-order valence-corrected chi connectivity index (χ1v) is 8.13. The van der Waals surface area contributed by atoms with Crippen molar-refractivity contribution in [2.75, 3.05) is 13.7 Å². The number of carbonyl (C=O) groups excluding carboxylic acids is 1. The number of aliphatic carboxylic acids is 1. The molecule has 6 heteroatoms. The lowest BCUT2D eigenvalue weighted by atomic mass is 9.97. The second-order valence-electron chi connectivity index (χ2n) is 6.01. The molecule has 0 fully saturated rings. The highest BCUT2D eigenvalue weighted by Crippen LogP contribution is 2.22. The lowest BCUT2D eigenvalue weighted by molar-refractivity contribution is -0.136. The number of hydrogen-bond donors (Lipinski definition) is 2. The van der Waals surface area contributed by atoms with Crippen LogP contribution in [0.5, 0.6) is 5.75 Å². The van der Waals surface area contributed by atoms with Gasteiger partial charge in [-0.25, -0.2) is 0 Å². The molecule has 2 aromatic rings. The van der Waals surface area contributed by atoms with Crippen LogP contribution in [0.4, 0.5) is 0 Å². The average Bonchev–Trinajstić information content (AvgIpc) is 2.94. The number of hydrogen-bond acceptors (Lipinski definition) is 4. The molecule has 0 spiro atoms. The van der Waals surface area contributed by atoms with E-state index in [1.807, 2.05) is 24.3 Å². The van der Waals surface area contributed by atoms with E-state index in [1.165, 1.54) is 11.8 Å². The minimum atomic E-state index is -1.03. The lowest BCUT2D eigenvalue weighted by Crippen LogP contribution is -2.26. The van der Waals surface area contributed by atoms with E-state index >= 15 is 0 Å². The standard InChI is InChI=1S/C19H23NO5/c1-12(14-4-6-15(24-3)7-5-14)8-9-20-19(23)18-13(2)11-25-16(18)10-17(21)22/h4-7,11-12H,8-10H2,1-3H3,(H,20,23)(H,21,22). The van der Waals surface area contributed by atoms with Gasteiger partial charge in [-0.3, -0.25) is 9.59 Å². The summed E-state index contributed by atoms with van der Waals surface area (Å²) >= 11 is 0. The van der Waals surface area contributed by atoms with Crippen molar-refractivity contribution in [3.63, 3.8) is 0 Å². The molecule has 6 nitrogen and oxygen atoms in total. The molecule has 0 aliphatic carbocycles. The van der Waals surface area contributed by atoms with Crippen molar-refractivity contribution in [1.82, 2.24) is 5.32 Å². The molecule has 1 amide bonds. The van der Waals surface area contributed by atoms with Crippen molar-refractivity contribution in [2.24, 2.45) is 0 Å². The molecule has 1 atom stereocenters. The third-order valence-electron chi connectivity index (χ3n) is 4.14. The molecular weight excluding hydrogens is 322 g/mol. The Morgan fingerprint density at radius 2 is 1.96 bits per heavy atom. The number of methoxy groups -OCH3 is 1. The zero-order valence-corrected chi connectivity index (χ0v) is 14.7. The van der Waals surface area contributed by atoms with Crippen LogP contribution in [0.1, 0.15) is 46.5 Å². The van der Waals surface area contributed by atoms with Gasteiger partial charge in [-0.05, 0) is 37.0 Å². The van der Waals surface area contributed by atoms with Gasteiger partial charge in [0.05, 0.1) is 18.9 Å². The molecular formula is C19H23NO5. The molecule has 0 radical (unpaired) electrons. The van der Waals surface area contributed by atoms with Gasteiger partial charge in [-0.1, -0.05) is 19.1 Å². The summed E-state index contributed by atoms with van der Waals surface area (Å²) in [6.07, 6.45) is 1.87. The minimum absolute atomic E-state index is 0.186. The average molecular weight is 345 g/mol. The highest BCUT2D eigenvalue weighted by Gasteiger charge is 2.20. The first-order valence-electron chi connectivity index (χ1n) is 8.13. The molecule has 0 saturated heterocycles. The van der Waals surface area contributed by atoms with Gasteiger partial charge >= 0.3 is 5.97 Å². The van der Waals surface area contributed by atoms with Crippen LogP contribution in [0, 0.1) is 6.92 Å². The number of aryl methyl sites for hydroxylation is 1. The molecule has 1 aromatic heterocycles. The fraction of sp³-hybridized carbons (Fsp3) is 0.368. The summed E-state index contributed by atoms with van der Waals surface area (Å²) in [5.41, 5.74) is 2.12. The second-order valence-corrected chi connectivity index (χ2v) is 6.01. The normalized spacial score (nSPS) is 11.8. The van der Waals surface area contributed by atoms with Crippen LogP contribution in [-0.4, -0.2) is 30.6 Å². The molecule has 1 heterocycles. The predicted molar refractivity (Wildman–Crippen MR) is 93.1 cm³/mol. The van der Waals surface area contributed by atoms with E-state index in [4.69, 9.17) is 14.3 Å². The van der Waals surface area contributed by atoms with E-state index in [0.717, 1.165) is 12.2 Å². The fourth-order valence-electron chi connectivity index (χ4n) is 2.66. The quantitative estimate of drug-likeness (QED) is 0.767. The summed E-state index contributed by atoms with van der Waals surface area (Å²) in [6, 6.07) is 7.85. The number of carboxylic acid groups (broad SMARTS) is 1. The van der Waals surface area contributed by atoms with Gasteiger partial charge < -0.3 is 19.6 Å². The number of amides is 1. The molecule has 0 aliphatic rings. The summed E-state index contributed by atoms with van der Waals surface area (Å²) in [5, 5.41) is 11.7. The van der Waals surface area contributed by atoms with Gasteiger partial charge in [-0.15, -0.1) is 0 Å². The molecule has 134 valence electrons. The van der Waals surface area contributed by atoms with Crippen LogP contribution < -0.4 is 10.1 Å². The Kier molecular flexibility index (Phi) is 6.22. The van der Waals surface area contributed by atoms with Gasteiger partial charge in [-0.2, -0.15) is 0 Å². The summed E-state index contributed by atoms with van der Waals surface area (Å²) in [4.78, 5) is 23.2. The molecule has 25 heavy (non-hydrogen) atoms. The predicted octanol–water partition coefficient (Wildman–Crippen LogP) is 3.15. The van der Waals surface area contributed by atoms with Crippen molar-refractivity contribution >= 4 is 11.9 Å². The van der Waals surface area contributed by atoms with Gasteiger partial charge in [0.25, 0.3) is 5.91 Å². The Morgan fingerprint density at radius 3 is 2.56 bits per heavy atom. The number of ether oxygens (including phenoxy) is 1. The number of furan rings is 1. The number of rotatable bonds is 8. The largest absolute Gasteiger partial charge is 0.497 e. The highest BCUT2D eigenvalue weighted by atomic mass is 16.5. The first kappa shape index (κ1) is 18.6. The van der Waals surface area contributed by atoms with Gasteiger partial charge in [0, 0.05) is 12.1 Å². The van der Waals surface area contributed by atoms with Crippen molar-refractivity contribution in [3.05, 3.63) is 53.0 Å². The molecule has 1 aromatic carbocycles. The summed E-state index contributed by atoms with van der Waals surface area (Å²) in [5.74, 6) is -0.0625. The Labute approximate surface area is 146 Å². The number of nitrogens with one attached hydrogen (secondary N) is 1. The van der Waals surface area contributed by atoms with Crippen LogP contribution in [-0.2, 0) is 11.2 Å². The van der Waals surface area contributed by atoms with Gasteiger partial charge in [0.1, 0.15) is 17.9 Å². The maximum Gasteiger partial charge on any atom is 0.311 e. The van der Waals surface area contributed by atoms with Crippen LogP contribution >= 0.6 is 0 Å². The van der Waals surface area contributed by atoms with Crippen molar-refractivity contribution in [1.29, 1.82) is 0 Å². The van der Waals surface area contributed by atoms with Crippen LogP contribution in [0.15, 0.2) is 34.9 Å². The fourth-order valence-corrected chi connectivity index (χ4v) is 2.66. The maximum atomic E-state index is 12.3. The van der Waals surface area contributed by atoms with Crippen LogP contribution in [0.3, 0.4) is 0 Å². The van der Waals surface area contributed by atoms with Gasteiger partial charge in [0.15, 0.2) is 0 Å². The number of benzene rings is 1. The third-order valence-corrected chi connectivity index (χ3v) is 4.14. The Bertz CT molecular complexity index is 733. The Hall–Kier alpha value is -2.76. The molecule has 0 aliphatic heterocycles.